The smallest absolute Gasteiger partial charge is 0.238 e. The van der Waals surface area contributed by atoms with E-state index in [1.54, 1.807) is 41.9 Å². The molecule has 8 heteroatoms. The van der Waals surface area contributed by atoms with E-state index >= 15 is 0 Å². The van der Waals surface area contributed by atoms with E-state index in [0.717, 1.165) is 41.4 Å². The summed E-state index contributed by atoms with van der Waals surface area (Å²) < 4.78 is 22.7. The molecule has 3 N–H and O–H groups in total. The van der Waals surface area contributed by atoms with Crippen LogP contribution >= 0.6 is 11.3 Å². The van der Waals surface area contributed by atoms with E-state index < -0.39 is 10.0 Å². The van der Waals surface area contributed by atoms with E-state index in [-0.39, 0.29) is 4.90 Å². The summed E-state index contributed by atoms with van der Waals surface area (Å²) in [4.78, 5) is 11.6. The molecule has 0 radical (unpaired) electrons. The lowest BCUT2D eigenvalue weighted by Crippen LogP contribution is -2.12. The van der Waals surface area contributed by atoms with Crippen LogP contribution in [0.2, 0.25) is 0 Å². The summed E-state index contributed by atoms with van der Waals surface area (Å²) in [7, 11) is -3.65. The largest absolute Gasteiger partial charge is 0.369 e. The van der Waals surface area contributed by atoms with Crippen molar-refractivity contribution in [2.75, 3.05) is 11.9 Å². The Labute approximate surface area is 162 Å². The first kappa shape index (κ1) is 18.3. The van der Waals surface area contributed by atoms with Crippen molar-refractivity contribution in [3.63, 3.8) is 0 Å². The number of hydrogen-bond acceptors (Lipinski definition) is 6. The van der Waals surface area contributed by atoms with Gasteiger partial charge in [0.25, 0.3) is 0 Å². The van der Waals surface area contributed by atoms with Gasteiger partial charge in [-0.2, -0.15) is 0 Å². The van der Waals surface area contributed by atoms with Gasteiger partial charge in [0.05, 0.1) is 10.3 Å². The number of nitrogens with one attached hydrogen (secondary N) is 1. The first-order chi connectivity index (χ1) is 12.9. The van der Waals surface area contributed by atoms with Crippen LogP contribution in [0.25, 0.3) is 10.2 Å². The molecule has 1 aromatic carbocycles. The zero-order chi connectivity index (χ0) is 19.0. The number of aromatic nitrogens is 2. The second-order valence-corrected chi connectivity index (χ2v) is 9.76. The van der Waals surface area contributed by atoms with Crippen LogP contribution in [0, 0.1) is 5.92 Å². The molecule has 1 atom stereocenters. The fourth-order valence-corrected chi connectivity index (χ4v) is 5.45. The Hall–Kier alpha value is -2.03. The number of aryl methyl sites for hydroxylation is 1. The monoisotopic (exact) mass is 402 g/mol. The number of rotatable bonds is 5. The number of primary sulfonamides is 1. The highest BCUT2D eigenvalue weighted by Crippen LogP contribution is 2.39. The highest BCUT2D eigenvalue weighted by molar-refractivity contribution is 7.89. The summed E-state index contributed by atoms with van der Waals surface area (Å²) in [5.41, 5.74) is 2.45. The quantitative estimate of drug-likeness (QED) is 0.683. The highest BCUT2D eigenvalue weighted by atomic mass is 32.2. The minimum atomic E-state index is -3.65. The Morgan fingerprint density at radius 3 is 2.78 bits per heavy atom. The van der Waals surface area contributed by atoms with Gasteiger partial charge in [-0.25, -0.2) is 23.5 Å². The molecule has 2 aromatic heterocycles. The molecule has 0 saturated heterocycles. The number of fused-ring (bicyclic) bond motifs is 3. The molecule has 1 unspecified atom stereocenters. The van der Waals surface area contributed by atoms with Crippen molar-refractivity contribution in [3.05, 3.63) is 46.6 Å². The second kappa shape index (κ2) is 7.18. The van der Waals surface area contributed by atoms with Gasteiger partial charge in [0.2, 0.25) is 10.0 Å². The van der Waals surface area contributed by atoms with Crippen molar-refractivity contribution in [1.29, 1.82) is 0 Å². The molecule has 0 saturated carbocycles. The summed E-state index contributed by atoms with van der Waals surface area (Å²) in [5.74, 6) is 1.63. The number of thiophene rings is 1. The lowest BCUT2D eigenvalue weighted by Gasteiger charge is -2.18. The first-order valence-electron chi connectivity index (χ1n) is 9.02. The van der Waals surface area contributed by atoms with Crippen molar-refractivity contribution in [1.82, 2.24) is 9.97 Å². The third-order valence-electron chi connectivity index (χ3n) is 5.05. The van der Waals surface area contributed by atoms with E-state index in [0.29, 0.717) is 6.54 Å². The van der Waals surface area contributed by atoms with E-state index in [9.17, 15) is 8.42 Å². The van der Waals surface area contributed by atoms with Gasteiger partial charge >= 0.3 is 0 Å². The molecule has 4 rings (SSSR count). The van der Waals surface area contributed by atoms with Crippen LogP contribution in [0.5, 0.6) is 0 Å². The summed E-state index contributed by atoms with van der Waals surface area (Å²) in [6.45, 7) is 3.02. The summed E-state index contributed by atoms with van der Waals surface area (Å²) in [6.07, 6.45) is 5.82. The average Bonchev–Trinajstić information content (AvgIpc) is 2.99. The molecule has 142 valence electrons. The van der Waals surface area contributed by atoms with Crippen LogP contribution in [0.15, 0.2) is 35.5 Å². The van der Waals surface area contributed by atoms with Gasteiger partial charge in [0, 0.05) is 11.4 Å². The maximum atomic E-state index is 11.3. The Bertz CT molecular complexity index is 1080. The molecule has 27 heavy (non-hydrogen) atoms. The minimum absolute atomic E-state index is 0.135. The lowest BCUT2D eigenvalue weighted by molar-refractivity contribution is 0.509. The third-order valence-corrected chi connectivity index (χ3v) is 7.14. The van der Waals surface area contributed by atoms with Crippen LogP contribution in [0.4, 0.5) is 5.82 Å². The third kappa shape index (κ3) is 3.83. The van der Waals surface area contributed by atoms with Gasteiger partial charge in [-0.15, -0.1) is 11.3 Å². The molecule has 0 spiro atoms. The van der Waals surface area contributed by atoms with Crippen LogP contribution in [-0.4, -0.2) is 24.9 Å². The van der Waals surface area contributed by atoms with E-state index in [1.807, 2.05) is 0 Å². The molecule has 1 aliphatic rings. The van der Waals surface area contributed by atoms with E-state index in [1.165, 1.54) is 22.2 Å². The normalized spacial score (nSPS) is 17.0. The number of sulfonamides is 1. The van der Waals surface area contributed by atoms with Crippen LogP contribution in [0.1, 0.15) is 29.3 Å². The van der Waals surface area contributed by atoms with Crippen LogP contribution in [0.3, 0.4) is 0 Å². The van der Waals surface area contributed by atoms with Gasteiger partial charge in [0.15, 0.2) is 0 Å². The molecule has 0 amide bonds. The first-order valence-corrected chi connectivity index (χ1v) is 11.4. The fraction of sp³-hybridized carbons (Fsp3) is 0.368. The van der Waals surface area contributed by atoms with Crippen LogP contribution in [-0.2, 0) is 29.3 Å². The molecule has 0 bridgehead atoms. The van der Waals surface area contributed by atoms with Crippen LogP contribution < -0.4 is 10.5 Å². The topological polar surface area (TPSA) is 98.0 Å². The maximum absolute atomic E-state index is 11.3. The minimum Gasteiger partial charge on any atom is -0.369 e. The number of hydrogen-bond donors (Lipinski definition) is 2. The lowest BCUT2D eigenvalue weighted by atomic mass is 9.89. The highest BCUT2D eigenvalue weighted by Gasteiger charge is 2.22. The summed E-state index contributed by atoms with van der Waals surface area (Å²) in [6, 6.07) is 6.68. The van der Waals surface area contributed by atoms with Gasteiger partial charge in [0.1, 0.15) is 17.0 Å². The number of anilines is 1. The van der Waals surface area contributed by atoms with Crippen molar-refractivity contribution in [3.8, 4) is 0 Å². The SMILES string of the molecule is CC1CCc2c(sc3ncnc(NCCc4ccc(S(N)(=O)=O)cc4)c23)C1. The zero-order valence-electron chi connectivity index (χ0n) is 15.1. The Balaban J connectivity index is 1.49. The average molecular weight is 403 g/mol. The van der Waals surface area contributed by atoms with Gasteiger partial charge in [-0.3, -0.25) is 0 Å². The van der Waals surface area contributed by atoms with E-state index in [2.05, 4.69) is 22.2 Å². The predicted octanol–water partition coefficient (Wildman–Crippen LogP) is 3.12. The standard InChI is InChI=1S/C19H22N4O2S2/c1-12-2-7-15-16(10-12)26-19-17(15)18(22-11-23-19)21-9-8-13-3-5-14(6-4-13)27(20,24)25/h3-6,11-12H,2,7-10H2,1H3,(H2,20,24,25)(H,21,22,23). The number of nitrogens with zero attached hydrogens (tertiary/aromatic N) is 2. The van der Waals surface area contributed by atoms with Crippen molar-refractivity contribution in [2.45, 2.75) is 37.5 Å². The molecule has 2 heterocycles. The predicted molar refractivity (Wildman–Crippen MR) is 109 cm³/mol. The maximum Gasteiger partial charge on any atom is 0.238 e. The second-order valence-electron chi connectivity index (χ2n) is 7.12. The molecule has 3 aromatic rings. The van der Waals surface area contributed by atoms with E-state index in [4.69, 9.17) is 5.14 Å². The zero-order valence-corrected chi connectivity index (χ0v) is 16.7. The van der Waals surface area contributed by atoms with Gasteiger partial charge in [-0.05, 0) is 54.9 Å². The van der Waals surface area contributed by atoms with Gasteiger partial charge < -0.3 is 5.32 Å². The fourth-order valence-electron chi connectivity index (χ4n) is 3.58. The molecular weight excluding hydrogens is 380 g/mol. The van der Waals surface area contributed by atoms with Crippen molar-refractivity contribution < 1.29 is 8.42 Å². The Morgan fingerprint density at radius 1 is 1.26 bits per heavy atom. The summed E-state index contributed by atoms with van der Waals surface area (Å²) >= 11 is 1.79. The van der Waals surface area contributed by atoms with Gasteiger partial charge in [-0.1, -0.05) is 19.1 Å². The van der Waals surface area contributed by atoms with Crippen molar-refractivity contribution in [2.24, 2.45) is 11.1 Å². The molecule has 0 aliphatic heterocycles. The number of benzene rings is 1. The van der Waals surface area contributed by atoms with Crippen molar-refractivity contribution >= 4 is 37.4 Å². The molecule has 1 aliphatic carbocycles. The Morgan fingerprint density at radius 2 is 2.04 bits per heavy atom. The molecule has 0 fully saturated rings. The summed E-state index contributed by atoms with van der Waals surface area (Å²) in [5, 5.41) is 9.75. The molecular formula is C19H22N4O2S2. The Kier molecular flexibility index (Phi) is 4.88. The molecule has 6 nitrogen and oxygen atoms in total. The number of nitrogens with two attached hydrogens (primary N) is 1.